The zero-order valence-electron chi connectivity index (χ0n) is 12.0. The number of likely N-dealkylation sites (N-methyl/N-ethyl adjacent to an activating group) is 1. The van der Waals surface area contributed by atoms with E-state index in [0.29, 0.717) is 17.8 Å². The lowest BCUT2D eigenvalue weighted by atomic mass is 10.0. The van der Waals surface area contributed by atoms with E-state index in [9.17, 15) is 0 Å². The number of halogens is 1. The molecule has 2 aromatic heterocycles. The van der Waals surface area contributed by atoms with E-state index >= 15 is 0 Å². The molecule has 0 aliphatic carbocycles. The summed E-state index contributed by atoms with van der Waals surface area (Å²) in [6.07, 6.45) is 1.81. The minimum atomic E-state index is 0.323. The van der Waals surface area contributed by atoms with Gasteiger partial charge in [-0.15, -0.1) is 11.6 Å². The fourth-order valence-corrected chi connectivity index (χ4v) is 2.57. The van der Waals surface area contributed by atoms with Crippen molar-refractivity contribution in [3.05, 3.63) is 24.2 Å². The zero-order valence-corrected chi connectivity index (χ0v) is 12.7. The van der Waals surface area contributed by atoms with Gasteiger partial charge in [0.25, 0.3) is 0 Å². The van der Waals surface area contributed by atoms with Crippen molar-refractivity contribution >= 4 is 22.8 Å². The van der Waals surface area contributed by atoms with E-state index in [1.165, 1.54) is 0 Å². The standard InChI is InChI=1S/C14H21ClN4/c1-10(2)12(9-18(3)4)19-13(8-15)17-11-6-5-7-16-14(11)19/h5-7,10,12H,8-9H2,1-4H3. The average molecular weight is 281 g/mol. The van der Waals surface area contributed by atoms with Crippen LogP contribution in [0.2, 0.25) is 0 Å². The maximum Gasteiger partial charge on any atom is 0.160 e. The smallest absolute Gasteiger partial charge is 0.160 e. The highest BCUT2D eigenvalue weighted by Crippen LogP contribution is 2.26. The van der Waals surface area contributed by atoms with Gasteiger partial charge in [0, 0.05) is 12.7 Å². The molecule has 5 heteroatoms. The number of hydrogen-bond donors (Lipinski definition) is 0. The summed E-state index contributed by atoms with van der Waals surface area (Å²) in [6.45, 7) is 5.39. The molecule has 0 amide bonds. The van der Waals surface area contributed by atoms with Crippen LogP contribution in [-0.2, 0) is 5.88 Å². The SMILES string of the molecule is CC(C)C(CN(C)C)n1c(CCl)nc2cccnc21. The maximum absolute atomic E-state index is 6.06. The van der Waals surface area contributed by atoms with Gasteiger partial charge in [0.05, 0.1) is 11.9 Å². The van der Waals surface area contributed by atoms with Crippen LogP contribution in [0.25, 0.3) is 11.2 Å². The molecule has 19 heavy (non-hydrogen) atoms. The van der Waals surface area contributed by atoms with Crippen molar-refractivity contribution in [3.8, 4) is 0 Å². The van der Waals surface area contributed by atoms with Crippen molar-refractivity contribution in [1.29, 1.82) is 0 Å². The van der Waals surface area contributed by atoms with Gasteiger partial charge in [-0.25, -0.2) is 9.97 Å². The first-order valence-electron chi connectivity index (χ1n) is 6.57. The molecule has 1 atom stereocenters. The Hall–Kier alpha value is -1.13. The van der Waals surface area contributed by atoms with Gasteiger partial charge in [-0.05, 0) is 32.1 Å². The number of alkyl halides is 1. The highest BCUT2D eigenvalue weighted by Gasteiger charge is 2.22. The summed E-state index contributed by atoms with van der Waals surface area (Å²) in [5.41, 5.74) is 1.85. The third-order valence-corrected chi connectivity index (χ3v) is 3.53. The second-order valence-corrected chi connectivity index (χ2v) is 5.72. The topological polar surface area (TPSA) is 34.0 Å². The summed E-state index contributed by atoms with van der Waals surface area (Å²) in [4.78, 5) is 11.3. The summed E-state index contributed by atoms with van der Waals surface area (Å²) in [5.74, 6) is 1.80. The first kappa shape index (κ1) is 14.3. The molecule has 1 unspecified atom stereocenters. The molecule has 0 saturated heterocycles. The Kier molecular flexibility index (Phi) is 4.42. The molecule has 0 aromatic carbocycles. The molecule has 0 radical (unpaired) electrons. The summed E-state index contributed by atoms with van der Waals surface area (Å²) in [7, 11) is 4.17. The van der Waals surface area contributed by atoms with E-state index in [0.717, 1.165) is 23.5 Å². The Balaban J connectivity index is 2.56. The average Bonchev–Trinajstić information content (AvgIpc) is 2.73. The van der Waals surface area contributed by atoms with Crippen LogP contribution in [0.4, 0.5) is 0 Å². The van der Waals surface area contributed by atoms with Crippen LogP contribution in [0.5, 0.6) is 0 Å². The Labute approximate surface area is 119 Å². The molecule has 0 saturated carbocycles. The molecule has 2 rings (SSSR count). The normalized spacial score (nSPS) is 13.6. The fourth-order valence-electron chi connectivity index (χ4n) is 2.38. The predicted octanol–water partition coefficient (Wildman–Crippen LogP) is 2.93. The van der Waals surface area contributed by atoms with Crippen LogP contribution in [0, 0.1) is 5.92 Å². The summed E-state index contributed by atoms with van der Waals surface area (Å²) in [6, 6.07) is 4.22. The first-order chi connectivity index (χ1) is 9.04. The van der Waals surface area contributed by atoms with Crippen LogP contribution in [0.3, 0.4) is 0 Å². The summed E-state index contributed by atoms with van der Waals surface area (Å²) >= 11 is 6.06. The van der Waals surface area contributed by atoms with Crippen molar-refractivity contribution in [2.45, 2.75) is 25.8 Å². The third-order valence-electron chi connectivity index (χ3n) is 3.29. The lowest BCUT2D eigenvalue weighted by Crippen LogP contribution is -2.29. The van der Waals surface area contributed by atoms with Crippen LogP contribution >= 0.6 is 11.6 Å². The number of aromatic nitrogens is 3. The Morgan fingerprint density at radius 3 is 2.68 bits per heavy atom. The second-order valence-electron chi connectivity index (χ2n) is 5.45. The van der Waals surface area contributed by atoms with Gasteiger partial charge in [-0.3, -0.25) is 0 Å². The molecule has 0 N–H and O–H groups in total. The van der Waals surface area contributed by atoms with Crippen LogP contribution in [-0.4, -0.2) is 40.1 Å². The van der Waals surface area contributed by atoms with Crippen LogP contribution in [0.1, 0.15) is 25.7 Å². The quantitative estimate of drug-likeness (QED) is 0.790. The molecule has 104 valence electrons. The molecule has 0 aliphatic heterocycles. The Bertz CT molecular complexity index is 547. The van der Waals surface area contributed by atoms with E-state index in [2.05, 4.69) is 47.4 Å². The largest absolute Gasteiger partial charge is 0.307 e. The first-order valence-corrected chi connectivity index (χ1v) is 7.10. The molecule has 0 aliphatic rings. The molecular formula is C14H21ClN4. The number of imidazole rings is 1. The van der Waals surface area contributed by atoms with E-state index in [1.807, 2.05) is 18.3 Å². The number of pyridine rings is 1. The minimum Gasteiger partial charge on any atom is -0.307 e. The van der Waals surface area contributed by atoms with Gasteiger partial charge in [0.15, 0.2) is 5.65 Å². The van der Waals surface area contributed by atoms with Crippen molar-refractivity contribution in [1.82, 2.24) is 19.4 Å². The molecule has 4 nitrogen and oxygen atoms in total. The maximum atomic E-state index is 6.06. The Morgan fingerprint density at radius 2 is 2.11 bits per heavy atom. The van der Waals surface area contributed by atoms with E-state index in [-0.39, 0.29) is 0 Å². The van der Waals surface area contributed by atoms with Gasteiger partial charge in [-0.2, -0.15) is 0 Å². The molecule has 0 spiro atoms. The van der Waals surface area contributed by atoms with Gasteiger partial charge < -0.3 is 9.47 Å². The lowest BCUT2D eigenvalue weighted by Gasteiger charge is -2.27. The molecule has 2 heterocycles. The van der Waals surface area contributed by atoms with Gasteiger partial charge in [-0.1, -0.05) is 13.8 Å². The number of nitrogens with zero attached hydrogens (tertiary/aromatic N) is 4. The van der Waals surface area contributed by atoms with Crippen LogP contribution < -0.4 is 0 Å². The van der Waals surface area contributed by atoms with E-state index in [1.54, 1.807) is 0 Å². The number of fused-ring (bicyclic) bond motifs is 1. The van der Waals surface area contributed by atoms with Gasteiger partial charge >= 0.3 is 0 Å². The minimum absolute atomic E-state index is 0.323. The zero-order chi connectivity index (χ0) is 14.0. The van der Waals surface area contributed by atoms with E-state index in [4.69, 9.17) is 11.6 Å². The summed E-state index contributed by atoms with van der Waals surface area (Å²) in [5, 5.41) is 0. The molecule has 0 fully saturated rings. The summed E-state index contributed by atoms with van der Waals surface area (Å²) < 4.78 is 2.20. The number of rotatable bonds is 5. The van der Waals surface area contributed by atoms with Gasteiger partial charge in [0.1, 0.15) is 11.3 Å². The van der Waals surface area contributed by atoms with Crippen molar-refractivity contribution in [3.63, 3.8) is 0 Å². The van der Waals surface area contributed by atoms with Gasteiger partial charge in [0.2, 0.25) is 0 Å². The lowest BCUT2D eigenvalue weighted by molar-refractivity contribution is 0.269. The highest BCUT2D eigenvalue weighted by molar-refractivity contribution is 6.16. The van der Waals surface area contributed by atoms with Crippen molar-refractivity contribution < 1.29 is 0 Å². The molecular weight excluding hydrogens is 260 g/mol. The van der Waals surface area contributed by atoms with Crippen molar-refractivity contribution in [2.75, 3.05) is 20.6 Å². The number of hydrogen-bond acceptors (Lipinski definition) is 3. The second kappa shape index (κ2) is 5.88. The van der Waals surface area contributed by atoms with Crippen molar-refractivity contribution in [2.24, 2.45) is 5.92 Å². The molecule has 2 aromatic rings. The predicted molar refractivity (Wildman–Crippen MR) is 79.5 cm³/mol. The monoisotopic (exact) mass is 280 g/mol. The Morgan fingerprint density at radius 1 is 1.37 bits per heavy atom. The molecule has 0 bridgehead atoms. The highest BCUT2D eigenvalue weighted by atomic mass is 35.5. The van der Waals surface area contributed by atoms with E-state index < -0.39 is 0 Å². The van der Waals surface area contributed by atoms with Crippen LogP contribution in [0.15, 0.2) is 18.3 Å². The third kappa shape index (κ3) is 2.90. The fraction of sp³-hybridized carbons (Fsp3) is 0.571.